The molecule has 0 saturated heterocycles. The van der Waals surface area contributed by atoms with Crippen molar-refractivity contribution in [3.63, 3.8) is 0 Å². The van der Waals surface area contributed by atoms with E-state index in [0.29, 0.717) is 12.4 Å². The topological polar surface area (TPSA) is 64.7 Å². The lowest BCUT2D eigenvalue weighted by Gasteiger charge is -1.94. The van der Waals surface area contributed by atoms with Crippen LogP contribution in [0.25, 0.3) is 10.8 Å². The maximum atomic E-state index is 5.60. The van der Waals surface area contributed by atoms with Crippen LogP contribution in [-0.2, 0) is 6.54 Å². The molecule has 0 atom stereocenters. The standard InChI is InChI=1S/C10H12N4S/c1-6-4-12-9(13-5-6)10-14-7(2)8(3-11)15-10/h4-5H,3,11H2,1-2H3. The van der Waals surface area contributed by atoms with Crippen molar-refractivity contribution in [2.75, 3.05) is 0 Å². The second-order valence-corrected chi connectivity index (χ2v) is 4.40. The van der Waals surface area contributed by atoms with Crippen LogP contribution in [0.2, 0.25) is 0 Å². The second kappa shape index (κ2) is 4.04. The molecule has 4 nitrogen and oxygen atoms in total. The van der Waals surface area contributed by atoms with Gasteiger partial charge in [0.2, 0.25) is 0 Å². The fraction of sp³-hybridized carbons (Fsp3) is 0.300. The Kier molecular flexibility index (Phi) is 2.75. The third-order valence-electron chi connectivity index (χ3n) is 2.05. The molecule has 0 amide bonds. The average Bonchev–Trinajstić information content (AvgIpc) is 2.61. The summed E-state index contributed by atoms with van der Waals surface area (Å²) in [6.07, 6.45) is 3.59. The highest BCUT2D eigenvalue weighted by Crippen LogP contribution is 2.24. The predicted octanol–water partition coefficient (Wildman–Crippen LogP) is 1.68. The molecule has 0 aliphatic carbocycles. The maximum absolute atomic E-state index is 5.60. The smallest absolute Gasteiger partial charge is 0.188 e. The van der Waals surface area contributed by atoms with Gasteiger partial charge in [-0.25, -0.2) is 15.0 Å². The van der Waals surface area contributed by atoms with Crippen LogP contribution in [0.4, 0.5) is 0 Å². The first-order valence-corrected chi connectivity index (χ1v) is 5.47. The van der Waals surface area contributed by atoms with Crippen molar-refractivity contribution in [1.82, 2.24) is 15.0 Å². The monoisotopic (exact) mass is 220 g/mol. The van der Waals surface area contributed by atoms with Gasteiger partial charge in [0.1, 0.15) is 0 Å². The van der Waals surface area contributed by atoms with Gasteiger partial charge in [0.25, 0.3) is 0 Å². The van der Waals surface area contributed by atoms with Crippen molar-refractivity contribution >= 4 is 11.3 Å². The third kappa shape index (κ3) is 2.03. The fourth-order valence-corrected chi connectivity index (χ4v) is 2.11. The van der Waals surface area contributed by atoms with Crippen molar-refractivity contribution in [3.05, 3.63) is 28.5 Å². The molecule has 2 aromatic heterocycles. The molecule has 0 aliphatic rings. The highest BCUT2D eigenvalue weighted by atomic mass is 32.1. The van der Waals surface area contributed by atoms with Crippen LogP contribution in [0.3, 0.4) is 0 Å². The molecule has 2 rings (SSSR count). The van der Waals surface area contributed by atoms with E-state index in [1.54, 1.807) is 23.7 Å². The van der Waals surface area contributed by atoms with Crippen LogP contribution in [-0.4, -0.2) is 15.0 Å². The molecule has 0 spiro atoms. The molecule has 15 heavy (non-hydrogen) atoms. The highest BCUT2D eigenvalue weighted by Gasteiger charge is 2.09. The zero-order valence-electron chi connectivity index (χ0n) is 8.69. The lowest BCUT2D eigenvalue weighted by atomic mass is 10.4. The summed E-state index contributed by atoms with van der Waals surface area (Å²) in [6, 6.07) is 0. The van der Waals surface area contributed by atoms with Crippen LogP contribution < -0.4 is 5.73 Å². The first-order valence-electron chi connectivity index (χ1n) is 4.66. The predicted molar refractivity (Wildman–Crippen MR) is 60.5 cm³/mol. The minimum Gasteiger partial charge on any atom is -0.326 e. The van der Waals surface area contributed by atoms with Crippen molar-refractivity contribution < 1.29 is 0 Å². The normalized spacial score (nSPS) is 10.6. The van der Waals surface area contributed by atoms with Crippen molar-refractivity contribution in [2.45, 2.75) is 20.4 Å². The second-order valence-electron chi connectivity index (χ2n) is 3.32. The molecule has 0 aliphatic heterocycles. The Morgan fingerprint density at radius 3 is 2.47 bits per heavy atom. The summed E-state index contributed by atoms with van der Waals surface area (Å²) in [5.41, 5.74) is 7.62. The van der Waals surface area contributed by atoms with Gasteiger partial charge in [-0.2, -0.15) is 0 Å². The lowest BCUT2D eigenvalue weighted by Crippen LogP contribution is -1.94. The van der Waals surface area contributed by atoms with Gasteiger partial charge in [0, 0.05) is 23.8 Å². The molecule has 5 heteroatoms. The molecule has 0 aromatic carbocycles. The van der Waals surface area contributed by atoms with Crippen molar-refractivity contribution in [2.24, 2.45) is 5.73 Å². The van der Waals surface area contributed by atoms with E-state index in [-0.39, 0.29) is 0 Å². The van der Waals surface area contributed by atoms with E-state index in [1.165, 1.54) is 0 Å². The Hall–Kier alpha value is -1.33. The van der Waals surface area contributed by atoms with Crippen LogP contribution in [0, 0.1) is 13.8 Å². The molecule has 0 unspecified atom stereocenters. The largest absolute Gasteiger partial charge is 0.326 e. The van der Waals surface area contributed by atoms with Crippen LogP contribution in [0.15, 0.2) is 12.4 Å². The summed E-state index contributed by atoms with van der Waals surface area (Å²) in [6.45, 7) is 4.44. The number of aryl methyl sites for hydroxylation is 2. The molecule has 0 fully saturated rings. The first-order chi connectivity index (χ1) is 7.20. The first kappa shape index (κ1) is 10.2. The summed E-state index contributed by atoms with van der Waals surface area (Å²) >= 11 is 1.56. The number of hydrogen-bond acceptors (Lipinski definition) is 5. The van der Waals surface area contributed by atoms with Gasteiger partial charge in [-0.05, 0) is 19.4 Å². The summed E-state index contributed by atoms with van der Waals surface area (Å²) in [7, 11) is 0. The van der Waals surface area contributed by atoms with Gasteiger partial charge >= 0.3 is 0 Å². The Balaban J connectivity index is 2.41. The summed E-state index contributed by atoms with van der Waals surface area (Å²) in [5.74, 6) is 0.674. The molecule has 78 valence electrons. The summed E-state index contributed by atoms with van der Waals surface area (Å²) in [5, 5.41) is 0.841. The Morgan fingerprint density at radius 1 is 1.27 bits per heavy atom. The van der Waals surface area contributed by atoms with Crippen molar-refractivity contribution in [3.8, 4) is 10.8 Å². The van der Waals surface area contributed by atoms with Crippen LogP contribution in [0.1, 0.15) is 16.1 Å². The molecule has 0 radical (unpaired) electrons. The van der Waals surface area contributed by atoms with Gasteiger partial charge in [-0.1, -0.05) is 0 Å². The molecule has 0 bridgehead atoms. The summed E-state index contributed by atoms with van der Waals surface area (Å²) < 4.78 is 0. The quantitative estimate of drug-likeness (QED) is 0.836. The van der Waals surface area contributed by atoms with Crippen LogP contribution in [0.5, 0.6) is 0 Å². The Morgan fingerprint density at radius 2 is 1.93 bits per heavy atom. The molecule has 2 aromatic rings. The minimum absolute atomic E-state index is 0.523. The summed E-state index contributed by atoms with van der Waals surface area (Å²) in [4.78, 5) is 14.0. The van der Waals surface area contributed by atoms with Gasteiger partial charge in [0.05, 0.1) is 5.69 Å². The Labute approximate surface area is 92.2 Å². The van der Waals surface area contributed by atoms with E-state index < -0.39 is 0 Å². The third-order valence-corrected chi connectivity index (χ3v) is 3.23. The van der Waals surface area contributed by atoms with Gasteiger partial charge in [-0.3, -0.25) is 0 Å². The van der Waals surface area contributed by atoms with Crippen LogP contribution >= 0.6 is 11.3 Å². The Bertz CT molecular complexity index is 461. The fourth-order valence-electron chi connectivity index (χ4n) is 1.22. The van der Waals surface area contributed by atoms with Gasteiger partial charge in [-0.15, -0.1) is 11.3 Å². The number of aromatic nitrogens is 3. The minimum atomic E-state index is 0.523. The molecule has 2 heterocycles. The van der Waals surface area contributed by atoms with Crippen molar-refractivity contribution in [1.29, 1.82) is 0 Å². The highest BCUT2D eigenvalue weighted by molar-refractivity contribution is 7.15. The lowest BCUT2D eigenvalue weighted by molar-refractivity contribution is 1.06. The van der Waals surface area contributed by atoms with E-state index in [2.05, 4.69) is 15.0 Å². The molecule has 2 N–H and O–H groups in total. The molecule has 0 saturated carbocycles. The molecular weight excluding hydrogens is 208 g/mol. The number of nitrogens with zero attached hydrogens (tertiary/aromatic N) is 3. The number of nitrogens with two attached hydrogens (primary N) is 1. The number of thiazole rings is 1. The van der Waals surface area contributed by atoms with E-state index in [4.69, 9.17) is 5.73 Å². The van der Waals surface area contributed by atoms with E-state index in [0.717, 1.165) is 21.1 Å². The molecular formula is C10H12N4S. The zero-order valence-corrected chi connectivity index (χ0v) is 9.51. The van der Waals surface area contributed by atoms with E-state index in [1.807, 2.05) is 13.8 Å². The number of hydrogen-bond donors (Lipinski definition) is 1. The van der Waals surface area contributed by atoms with E-state index in [9.17, 15) is 0 Å². The number of rotatable bonds is 2. The van der Waals surface area contributed by atoms with Gasteiger partial charge < -0.3 is 5.73 Å². The SMILES string of the molecule is Cc1cnc(-c2nc(C)c(CN)s2)nc1. The van der Waals surface area contributed by atoms with Gasteiger partial charge in [0.15, 0.2) is 10.8 Å². The average molecular weight is 220 g/mol. The van der Waals surface area contributed by atoms with E-state index >= 15 is 0 Å². The maximum Gasteiger partial charge on any atom is 0.188 e. The zero-order chi connectivity index (χ0) is 10.8.